The highest BCUT2D eigenvalue weighted by Gasteiger charge is 2.35. The van der Waals surface area contributed by atoms with E-state index in [1.165, 1.54) is 0 Å². The molecule has 0 radical (unpaired) electrons. The average molecular weight is 409 g/mol. The second-order valence-electron chi connectivity index (χ2n) is 7.58. The number of aromatic nitrogens is 4. The molecule has 0 unspecified atom stereocenters. The van der Waals surface area contributed by atoms with Gasteiger partial charge in [0.25, 0.3) is 11.9 Å². The molecule has 0 aromatic carbocycles. The summed E-state index contributed by atoms with van der Waals surface area (Å²) in [5, 5.41) is 6.59. The van der Waals surface area contributed by atoms with E-state index in [4.69, 9.17) is 4.98 Å². The van der Waals surface area contributed by atoms with Crippen LogP contribution < -0.4 is 0 Å². The van der Waals surface area contributed by atoms with Gasteiger partial charge in [0.1, 0.15) is 0 Å². The molecule has 5 rings (SSSR count). The van der Waals surface area contributed by atoms with E-state index in [0.717, 1.165) is 61.8 Å². The van der Waals surface area contributed by atoms with Gasteiger partial charge in [-0.2, -0.15) is 5.10 Å². The number of rotatable bonds is 5. The lowest BCUT2D eigenvalue weighted by molar-refractivity contribution is 0.0642. The quantitative estimate of drug-likeness (QED) is 0.649. The number of likely N-dealkylation sites (N-methyl/N-ethyl adjacent to an activating group) is 1. The molecule has 1 saturated heterocycles. The lowest BCUT2D eigenvalue weighted by Crippen LogP contribution is -2.48. The van der Waals surface area contributed by atoms with Gasteiger partial charge < -0.3 is 9.80 Å². The molecule has 150 valence electrons. The normalized spacial score (nSPS) is 17.6. The number of carbonyl (C=O) groups is 1. The Kier molecular flexibility index (Phi) is 4.89. The van der Waals surface area contributed by atoms with Crippen molar-refractivity contribution < 1.29 is 4.79 Å². The second kappa shape index (κ2) is 7.68. The fourth-order valence-electron chi connectivity index (χ4n) is 3.88. The molecule has 29 heavy (non-hydrogen) atoms. The van der Waals surface area contributed by atoms with Gasteiger partial charge in [-0.1, -0.05) is 13.0 Å². The molecule has 1 aliphatic carbocycles. The van der Waals surface area contributed by atoms with E-state index in [1.807, 2.05) is 28.5 Å². The summed E-state index contributed by atoms with van der Waals surface area (Å²) in [6, 6.07) is 5.97. The van der Waals surface area contributed by atoms with Crippen LogP contribution in [-0.4, -0.2) is 68.2 Å². The number of piperazine rings is 1. The molecule has 8 heteroatoms. The molecule has 7 nitrogen and oxygen atoms in total. The van der Waals surface area contributed by atoms with Crippen LogP contribution in [0.15, 0.2) is 36.0 Å². The first kappa shape index (κ1) is 18.4. The first-order valence-corrected chi connectivity index (χ1v) is 11.1. The first-order valence-electron chi connectivity index (χ1n) is 10.2. The minimum absolute atomic E-state index is 0.0864. The van der Waals surface area contributed by atoms with Gasteiger partial charge >= 0.3 is 0 Å². The Morgan fingerprint density at radius 3 is 2.72 bits per heavy atom. The first-order chi connectivity index (χ1) is 14.2. The number of nitrogens with zero attached hydrogens (tertiary/aromatic N) is 6. The zero-order chi connectivity index (χ0) is 19.8. The summed E-state index contributed by atoms with van der Waals surface area (Å²) in [7, 11) is 0. The molecular weight excluding hydrogens is 384 g/mol. The van der Waals surface area contributed by atoms with Crippen LogP contribution in [0, 0.1) is 0 Å². The molecule has 0 bridgehead atoms. The number of hydrogen-bond acceptors (Lipinski definition) is 6. The van der Waals surface area contributed by atoms with E-state index in [9.17, 15) is 4.79 Å². The Bertz CT molecular complexity index is 1000. The van der Waals surface area contributed by atoms with Crippen molar-refractivity contribution >= 4 is 17.2 Å². The van der Waals surface area contributed by atoms with Crippen LogP contribution in [0.2, 0.25) is 0 Å². The zero-order valence-corrected chi connectivity index (χ0v) is 17.3. The van der Waals surface area contributed by atoms with Gasteiger partial charge in [-0.15, -0.1) is 11.3 Å². The third kappa shape index (κ3) is 3.58. The molecule has 4 heterocycles. The molecule has 0 N–H and O–H groups in total. The maximum Gasteiger partial charge on any atom is 0.257 e. The largest absolute Gasteiger partial charge is 0.336 e. The van der Waals surface area contributed by atoms with Gasteiger partial charge in [0, 0.05) is 38.3 Å². The van der Waals surface area contributed by atoms with E-state index < -0.39 is 0 Å². The predicted octanol–water partition coefficient (Wildman–Crippen LogP) is 3.05. The molecule has 0 atom stereocenters. The summed E-state index contributed by atoms with van der Waals surface area (Å²) < 4.78 is 1.78. The van der Waals surface area contributed by atoms with Gasteiger partial charge in [0.15, 0.2) is 0 Å². The lowest BCUT2D eigenvalue weighted by atomic mass is 10.1. The molecule has 3 aromatic heterocycles. The Labute approximate surface area is 174 Å². The highest BCUT2D eigenvalue weighted by atomic mass is 32.1. The van der Waals surface area contributed by atoms with Gasteiger partial charge in [0.2, 0.25) is 0 Å². The molecule has 3 aromatic rings. The Hall–Kier alpha value is -2.58. The van der Waals surface area contributed by atoms with Gasteiger partial charge in [-0.3, -0.25) is 4.79 Å². The van der Waals surface area contributed by atoms with Crippen molar-refractivity contribution in [2.24, 2.45) is 0 Å². The van der Waals surface area contributed by atoms with E-state index in [2.05, 4.69) is 21.9 Å². The molecule has 0 spiro atoms. The Morgan fingerprint density at radius 2 is 2.03 bits per heavy atom. The molecule has 2 aliphatic rings. The van der Waals surface area contributed by atoms with Crippen molar-refractivity contribution in [3.8, 4) is 16.5 Å². The number of thiophene rings is 1. The maximum absolute atomic E-state index is 13.3. The van der Waals surface area contributed by atoms with Gasteiger partial charge in [0.05, 0.1) is 28.0 Å². The molecule has 1 aliphatic heterocycles. The summed E-state index contributed by atoms with van der Waals surface area (Å²) in [6.07, 6.45) is 5.64. The number of amides is 1. The fourth-order valence-corrected chi connectivity index (χ4v) is 4.58. The number of hydrogen-bond donors (Lipinski definition) is 0. The highest BCUT2D eigenvalue weighted by molar-refractivity contribution is 7.13. The van der Waals surface area contributed by atoms with Crippen molar-refractivity contribution in [1.82, 2.24) is 29.5 Å². The van der Waals surface area contributed by atoms with Crippen molar-refractivity contribution in [3.63, 3.8) is 0 Å². The third-order valence-electron chi connectivity index (χ3n) is 5.71. The summed E-state index contributed by atoms with van der Waals surface area (Å²) in [5.41, 5.74) is 2.56. The summed E-state index contributed by atoms with van der Waals surface area (Å²) >= 11 is 1.65. The smallest absolute Gasteiger partial charge is 0.257 e. The van der Waals surface area contributed by atoms with Crippen molar-refractivity contribution in [2.45, 2.75) is 25.7 Å². The van der Waals surface area contributed by atoms with Crippen LogP contribution in [0.3, 0.4) is 0 Å². The van der Waals surface area contributed by atoms with E-state index in [-0.39, 0.29) is 5.91 Å². The van der Waals surface area contributed by atoms with Gasteiger partial charge in [-0.05, 0) is 36.9 Å². The lowest BCUT2D eigenvalue weighted by Gasteiger charge is -2.34. The molecule has 1 saturated carbocycles. The maximum atomic E-state index is 13.3. The monoisotopic (exact) mass is 408 g/mol. The summed E-state index contributed by atoms with van der Waals surface area (Å²) in [5.74, 6) is 0.985. The standard InChI is InChI=1S/C21H24N6OS/c1-2-25-9-11-26(12-10-25)20(28)16-14-23-27(19(16)15-5-6-15)21-22-8-7-17(24-21)18-4-3-13-29-18/h3-4,7-8,13-15H,2,5-6,9-12H2,1H3. The van der Waals surface area contributed by atoms with E-state index >= 15 is 0 Å². The van der Waals surface area contributed by atoms with E-state index in [0.29, 0.717) is 17.4 Å². The average Bonchev–Trinajstić information content (AvgIpc) is 3.28. The Balaban J connectivity index is 1.46. The van der Waals surface area contributed by atoms with E-state index in [1.54, 1.807) is 28.4 Å². The summed E-state index contributed by atoms with van der Waals surface area (Å²) in [6.45, 7) is 6.60. The van der Waals surface area contributed by atoms with Crippen molar-refractivity contribution in [1.29, 1.82) is 0 Å². The number of carbonyl (C=O) groups excluding carboxylic acids is 1. The topological polar surface area (TPSA) is 67.2 Å². The van der Waals surface area contributed by atoms with Crippen LogP contribution in [0.25, 0.3) is 16.5 Å². The molecule has 1 amide bonds. The van der Waals surface area contributed by atoms with Crippen molar-refractivity contribution in [3.05, 3.63) is 47.2 Å². The summed E-state index contributed by atoms with van der Waals surface area (Å²) in [4.78, 5) is 27.9. The predicted molar refractivity (Wildman–Crippen MR) is 112 cm³/mol. The van der Waals surface area contributed by atoms with Gasteiger partial charge in [-0.25, -0.2) is 14.6 Å². The highest BCUT2D eigenvalue weighted by Crippen LogP contribution is 2.42. The SMILES string of the molecule is CCN1CCN(C(=O)c2cnn(-c3nccc(-c4cccs4)n3)c2C2CC2)CC1. The van der Waals surface area contributed by atoms with Crippen LogP contribution in [0.1, 0.15) is 41.7 Å². The minimum Gasteiger partial charge on any atom is -0.336 e. The molecular formula is C21H24N6OS. The third-order valence-corrected chi connectivity index (χ3v) is 6.61. The van der Waals surface area contributed by atoms with Crippen LogP contribution in [0.4, 0.5) is 0 Å². The Morgan fingerprint density at radius 1 is 1.21 bits per heavy atom. The second-order valence-corrected chi connectivity index (χ2v) is 8.52. The van der Waals surface area contributed by atoms with Crippen LogP contribution in [0.5, 0.6) is 0 Å². The van der Waals surface area contributed by atoms with Crippen molar-refractivity contribution in [2.75, 3.05) is 32.7 Å². The minimum atomic E-state index is 0.0864. The van der Waals surface area contributed by atoms with Crippen LogP contribution in [-0.2, 0) is 0 Å². The fraction of sp³-hybridized carbons (Fsp3) is 0.429. The molecule has 2 fully saturated rings. The van der Waals surface area contributed by atoms with Crippen LogP contribution >= 0.6 is 11.3 Å². The zero-order valence-electron chi connectivity index (χ0n) is 16.5.